The summed E-state index contributed by atoms with van der Waals surface area (Å²) >= 11 is 0. The Bertz CT molecular complexity index is 362. The van der Waals surface area contributed by atoms with Gasteiger partial charge in [-0.15, -0.1) is 0 Å². The second-order valence-electron chi connectivity index (χ2n) is 5.40. The van der Waals surface area contributed by atoms with Gasteiger partial charge in [-0.2, -0.15) is 17.4 Å². The predicted molar refractivity (Wildman–Crippen MR) is 80.9 cm³/mol. The lowest BCUT2D eigenvalue weighted by Gasteiger charge is -2.35. The quantitative estimate of drug-likeness (QED) is 0.611. The second kappa shape index (κ2) is 8.94. The van der Waals surface area contributed by atoms with Crippen LogP contribution in [0.15, 0.2) is 0 Å². The third kappa shape index (κ3) is 5.65. The van der Waals surface area contributed by atoms with E-state index in [2.05, 4.69) is 23.9 Å². The molecule has 2 atom stereocenters. The average molecular weight is 307 g/mol. The summed E-state index contributed by atoms with van der Waals surface area (Å²) < 4.78 is 33.4. The summed E-state index contributed by atoms with van der Waals surface area (Å²) in [7, 11) is -1.81. The highest BCUT2D eigenvalue weighted by molar-refractivity contribution is 7.87. The summed E-state index contributed by atoms with van der Waals surface area (Å²) in [4.78, 5) is 0. The molecule has 120 valence electrons. The van der Waals surface area contributed by atoms with Crippen molar-refractivity contribution in [3.05, 3.63) is 0 Å². The minimum Gasteiger partial charge on any atom is -0.383 e. The lowest BCUT2D eigenvalue weighted by molar-refractivity contribution is 0.200. The van der Waals surface area contributed by atoms with Crippen LogP contribution >= 0.6 is 0 Å². The third-order valence-corrected chi connectivity index (χ3v) is 5.35. The summed E-state index contributed by atoms with van der Waals surface area (Å²) in [6.07, 6.45) is 3.10. The van der Waals surface area contributed by atoms with Crippen LogP contribution < -0.4 is 10.0 Å². The average Bonchev–Trinajstić information content (AvgIpc) is 2.45. The monoisotopic (exact) mass is 307 g/mol. The van der Waals surface area contributed by atoms with E-state index in [1.165, 1.54) is 0 Å². The van der Waals surface area contributed by atoms with E-state index in [9.17, 15) is 8.42 Å². The van der Waals surface area contributed by atoms with Gasteiger partial charge in [0.25, 0.3) is 10.2 Å². The molecule has 0 aliphatic carbocycles. The van der Waals surface area contributed by atoms with E-state index in [1.54, 1.807) is 11.4 Å². The molecule has 0 amide bonds. The first-order chi connectivity index (χ1) is 9.51. The largest absolute Gasteiger partial charge is 0.383 e. The first kappa shape index (κ1) is 17.8. The number of rotatable bonds is 9. The lowest BCUT2D eigenvalue weighted by Crippen LogP contribution is -2.50. The molecule has 1 aliphatic rings. The molecule has 2 N–H and O–H groups in total. The molecule has 2 unspecified atom stereocenters. The number of nitrogens with one attached hydrogen (secondary N) is 2. The van der Waals surface area contributed by atoms with Gasteiger partial charge in [-0.25, -0.2) is 0 Å². The van der Waals surface area contributed by atoms with Crippen LogP contribution in [0, 0.1) is 5.92 Å². The molecule has 7 heteroatoms. The predicted octanol–water partition coefficient (Wildman–Crippen LogP) is 0.567. The number of ether oxygens (including phenoxy) is 1. The Morgan fingerprint density at radius 3 is 2.80 bits per heavy atom. The standard InChI is InChI=1S/C13H29N3O3S/c1-4-7-14-12(2)13-6-5-9-16(11-13)20(17,18)15-8-10-19-3/h12-15H,4-11H2,1-3H3. The second-order valence-corrected chi connectivity index (χ2v) is 7.15. The normalized spacial score (nSPS) is 22.9. The highest BCUT2D eigenvalue weighted by Crippen LogP contribution is 2.21. The summed E-state index contributed by atoms with van der Waals surface area (Å²) in [5.74, 6) is 0.384. The van der Waals surface area contributed by atoms with E-state index in [0.29, 0.717) is 38.2 Å². The smallest absolute Gasteiger partial charge is 0.279 e. The van der Waals surface area contributed by atoms with Crippen LogP contribution in [0.3, 0.4) is 0 Å². The van der Waals surface area contributed by atoms with Crippen molar-refractivity contribution >= 4 is 10.2 Å². The lowest BCUT2D eigenvalue weighted by atomic mass is 9.93. The topological polar surface area (TPSA) is 70.7 Å². The molecule has 1 rings (SSSR count). The van der Waals surface area contributed by atoms with Gasteiger partial charge in [0.15, 0.2) is 0 Å². The Balaban J connectivity index is 2.50. The van der Waals surface area contributed by atoms with Crippen molar-refractivity contribution in [2.45, 2.75) is 39.2 Å². The Hall–Kier alpha value is -0.210. The highest BCUT2D eigenvalue weighted by atomic mass is 32.2. The van der Waals surface area contributed by atoms with Gasteiger partial charge in [-0.05, 0) is 38.6 Å². The van der Waals surface area contributed by atoms with Gasteiger partial charge in [0.2, 0.25) is 0 Å². The molecule has 6 nitrogen and oxygen atoms in total. The van der Waals surface area contributed by atoms with E-state index in [1.807, 2.05) is 0 Å². The molecule has 0 saturated carbocycles. The van der Waals surface area contributed by atoms with E-state index in [4.69, 9.17) is 4.74 Å². The fourth-order valence-corrected chi connectivity index (χ4v) is 3.78. The van der Waals surface area contributed by atoms with Gasteiger partial charge in [-0.1, -0.05) is 6.92 Å². The maximum atomic E-state index is 12.2. The number of methoxy groups -OCH3 is 1. The van der Waals surface area contributed by atoms with Crippen LogP contribution in [0.2, 0.25) is 0 Å². The Kier molecular flexibility index (Phi) is 7.98. The van der Waals surface area contributed by atoms with Gasteiger partial charge in [-0.3, -0.25) is 0 Å². The molecule has 0 aromatic heterocycles. The highest BCUT2D eigenvalue weighted by Gasteiger charge is 2.30. The Labute approximate surface area is 123 Å². The molecule has 20 heavy (non-hydrogen) atoms. The van der Waals surface area contributed by atoms with Crippen molar-refractivity contribution in [1.29, 1.82) is 0 Å². The van der Waals surface area contributed by atoms with Crippen LogP contribution in [-0.4, -0.2) is 58.7 Å². The molecule has 1 aliphatic heterocycles. The zero-order chi connectivity index (χ0) is 15.0. The van der Waals surface area contributed by atoms with Crippen molar-refractivity contribution in [3.63, 3.8) is 0 Å². The van der Waals surface area contributed by atoms with Crippen LogP contribution in [0.4, 0.5) is 0 Å². The molecule has 1 saturated heterocycles. The Morgan fingerprint density at radius 1 is 1.40 bits per heavy atom. The van der Waals surface area contributed by atoms with E-state index < -0.39 is 10.2 Å². The summed E-state index contributed by atoms with van der Waals surface area (Å²) in [6.45, 7) is 7.19. The fraction of sp³-hybridized carbons (Fsp3) is 1.00. The molecule has 0 bridgehead atoms. The molecule has 0 spiro atoms. The first-order valence-electron chi connectivity index (χ1n) is 7.48. The molecule has 1 heterocycles. The van der Waals surface area contributed by atoms with Crippen LogP contribution in [0.25, 0.3) is 0 Å². The zero-order valence-electron chi connectivity index (χ0n) is 12.9. The summed E-state index contributed by atoms with van der Waals surface area (Å²) in [6, 6.07) is 0.354. The van der Waals surface area contributed by atoms with Gasteiger partial charge >= 0.3 is 0 Å². The van der Waals surface area contributed by atoms with E-state index in [-0.39, 0.29) is 0 Å². The van der Waals surface area contributed by atoms with Crippen molar-refractivity contribution in [2.75, 3.05) is 39.9 Å². The molecular weight excluding hydrogens is 278 g/mol. The summed E-state index contributed by atoms with van der Waals surface area (Å²) in [5.41, 5.74) is 0. The van der Waals surface area contributed by atoms with Gasteiger partial charge in [0.1, 0.15) is 0 Å². The van der Waals surface area contributed by atoms with Gasteiger partial charge in [0.05, 0.1) is 6.61 Å². The molecule has 0 aromatic carbocycles. The van der Waals surface area contributed by atoms with E-state index >= 15 is 0 Å². The molecule has 0 aromatic rings. The van der Waals surface area contributed by atoms with Crippen molar-refractivity contribution in [1.82, 2.24) is 14.3 Å². The molecular formula is C13H29N3O3S. The Morgan fingerprint density at radius 2 is 2.15 bits per heavy atom. The molecule has 1 fully saturated rings. The van der Waals surface area contributed by atoms with E-state index in [0.717, 1.165) is 25.8 Å². The van der Waals surface area contributed by atoms with Crippen molar-refractivity contribution in [3.8, 4) is 0 Å². The minimum absolute atomic E-state index is 0.323. The van der Waals surface area contributed by atoms with Gasteiger partial charge < -0.3 is 10.1 Å². The molecule has 0 radical (unpaired) electrons. The summed E-state index contributed by atoms with van der Waals surface area (Å²) in [5, 5.41) is 3.46. The maximum Gasteiger partial charge on any atom is 0.279 e. The number of hydrogen-bond donors (Lipinski definition) is 2. The number of nitrogens with zero attached hydrogens (tertiary/aromatic N) is 1. The third-order valence-electron chi connectivity index (χ3n) is 3.77. The zero-order valence-corrected chi connectivity index (χ0v) is 13.7. The minimum atomic E-state index is -3.37. The first-order valence-corrected chi connectivity index (χ1v) is 8.92. The van der Waals surface area contributed by atoms with Gasteiger partial charge in [0, 0.05) is 32.8 Å². The number of piperidine rings is 1. The fourth-order valence-electron chi connectivity index (χ4n) is 2.50. The number of hydrogen-bond acceptors (Lipinski definition) is 4. The SMILES string of the molecule is CCCNC(C)C1CCCN(S(=O)(=O)NCCOC)C1. The van der Waals surface area contributed by atoms with Crippen molar-refractivity contribution < 1.29 is 13.2 Å². The van der Waals surface area contributed by atoms with Crippen LogP contribution in [-0.2, 0) is 14.9 Å². The maximum absolute atomic E-state index is 12.2. The van der Waals surface area contributed by atoms with Crippen LogP contribution in [0.5, 0.6) is 0 Å². The van der Waals surface area contributed by atoms with Crippen molar-refractivity contribution in [2.24, 2.45) is 5.92 Å². The van der Waals surface area contributed by atoms with Crippen LogP contribution in [0.1, 0.15) is 33.1 Å².